The molecule has 1 rings (SSSR count). The summed E-state index contributed by atoms with van der Waals surface area (Å²) in [4.78, 5) is 0. The molecule has 1 N–H and O–H groups in total. The molecule has 3 heteroatoms. The van der Waals surface area contributed by atoms with Gasteiger partial charge in [0.2, 0.25) is 5.79 Å². The van der Waals surface area contributed by atoms with Crippen molar-refractivity contribution in [2.75, 3.05) is 6.61 Å². The van der Waals surface area contributed by atoms with Crippen LogP contribution < -0.4 is 0 Å². The summed E-state index contributed by atoms with van der Waals surface area (Å²) in [6.07, 6.45) is 5.33. The van der Waals surface area contributed by atoms with Crippen molar-refractivity contribution in [1.82, 2.24) is 0 Å². The first kappa shape index (κ1) is 10.4. The second kappa shape index (κ2) is 4.51. The molecule has 76 valence electrons. The fraction of sp³-hybridized carbons (Fsp3) is 0.800. The van der Waals surface area contributed by atoms with Crippen LogP contribution in [0.2, 0.25) is 0 Å². The molecule has 0 saturated heterocycles. The van der Waals surface area contributed by atoms with Gasteiger partial charge in [0.1, 0.15) is 12.9 Å². The molecule has 0 spiro atoms. The first-order chi connectivity index (χ1) is 6.26. The summed E-state index contributed by atoms with van der Waals surface area (Å²) in [7, 11) is 0. The maximum Gasteiger partial charge on any atom is 0.250 e. The molecular formula is C10H18O3. The van der Waals surface area contributed by atoms with Gasteiger partial charge in [-0.25, -0.2) is 0 Å². The van der Waals surface area contributed by atoms with Gasteiger partial charge in [-0.1, -0.05) is 13.8 Å². The number of rotatable bonds is 5. The Balaban J connectivity index is 2.53. The van der Waals surface area contributed by atoms with Crippen molar-refractivity contribution < 1.29 is 14.6 Å². The van der Waals surface area contributed by atoms with Gasteiger partial charge < -0.3 is 14.6 Å². The van der Waals surface area contributed by atoms with Crippen LogP contribution in [-0.2, 0) is 9.47 Å². The van der Waals surface area contributed by atoms with Crippen molar-refractivity contribution in [3.8, 4) is 0 Å². The summed E-state index contributed by atoms with van der Waals surface area (Å²) in [5, 5.41) is 8.86. The minimum absolute atomic E-state index is 0.0742. The maximum absolute atomic E-state index is 8.86. The Kier molecular flexibility index (Phi) is 3.60. The van der Waals surface area contributed by atoms with Crippen LogP contribution in [0.1, 0.15) is 39.5 Å². The normalized spacial score (nSPS) is 19.2. The lowest BCUT2D eigenvalue weighted by atomic mass is 10.1. The fourth-order valence-electron chi connectivity index (χ4n) is 1.64. The predicted octanol–water partition coefficient (Wildman–Crippen LogP) is 2.16. The van der Waals surface area contributed by atoms with Crippen LogP contribution >= 0.6 is 0 Å². The van der Waals surface area contributed by atoms with Gasteiger partial charge in [-0.15, -0.1) is 0 Å². The zero-order valence-corrected chi connectivity index (χ0v) is 8.38. The minimum Gasteiger partial charge on any atom is -0.456 e. The minimum atomic E-state index is -0.485. The Morgan fingerprint density at radius 3 is 2.31 bits per heavy atom. The van der Waals surface area contributed by atoms with Crippen molar-refractivity contribution in [2.45, 2.75) is 45.3 Å². The molecule has 0 fully saturated rings. The molecule has 0 unspecified atom stereocenters. The second-order valence-corrected chi connectivity index (χ2v) is 3.37. The zero-order chi connectivity index (χ0) is 9.73. The van der Waals surface area contributed by atoms with Crippen molar-refractivity contribution in [3.05, 3.63) is 12.0 Å². The van der Waals surface area contributed by atoms with Crippen molar-refractivity contribution in [2.24, 2.45) is 0 Å². The first-order valence-electron chi connectivity index (χ1n) is 4.93. The van der Waals surface area contributed by atoms with E-state index in [0.29, 0.717) is 5.76 Å². The van der Waals surface area contributed by atoms with E-state index < -0.39 is 5.79 Å². The van der Waals surface area contributed by atoms with Crippen LogP contribution in [0.25, 0.3) is 0 Å². The third-order valence-corrected chi connectivity index (χ3v) is 2.14. The third kappa shape index (κ3) is 2.37. The average molecular weight is 186 g/mol. The molecule has 0 bridgehead atoms. The summed E-state index contributed by atoms with van der Waals surface area (Å²) >= 11 is 0. The van der Waals surface area contributed by atoms with Gasteiger partial charge in [-0.2, -0.15) is 0 Å². The summed E-state index contributed by atoms with van der Waals surface area (Å²) in [6.45, 7) is 4.12. The van der Waals surface area contributed by atoms with Crippen molar-refractivity contribution in [3.63, 3.8) is 0 Å². The van der Waals surface area contributed by atoms with E-state index in [1.54, 1.807) is 0 Å². The molecule has 0 atom stereocenters. The van der Waals surface area contributed by atoms with Gasteiger partial charge in [-0.3, -0.25) is 0 Å². The molecule has 1 aliphatic heterocycles. The van der Waals surface area contributed by atoms with Gasteiger partial charge in [0.15, 0.2) is 5.76 Å². The Hall–Kier alpha value is -0.700. The smallest absolute Gasteiger partial charge is 0.250 e. The summed E-state index contributed by atoms with van der Waals surface area (Å²) < 4.78 is 11.0. The van der Waals surface area contributed by atoms with Crippen LogP contribution in [0.4, 0.5) is 0 Å². The molecule has 1 heterocycles. The van der Waals surface area contributed by atoms with E-state index in [1.165, 1.54) is 6.26 Å². The van der Waals surface area contributed by atoms with Crippen LogP contribution in [-0.4, -0.2) is 17.5 Å². The van der Waals surface area contributed by atoms with Gasteiger partial charge in [0.25, 0.3) is 0 Å². The van der Waals surface area contributed by atoms with Crippen LogP contribution in [0.3, 0.4) is 0 Å². The first-order valence-corrected chi connectivity index (χ1v) is 4.93. The van der Waals surface area contributed by atoms with Crippen LogP contribution in [0, 0.1) is 0 Å². The molecule has 1 aliphatic rings. The number of aliphatic hydroxyl groups is 1. The second-order valence-electron chi connectivity index (χ2n) is 3.37. The number of hydrogen-bond acceptors (Lipinski definition) is 3. The summed E-state index contributed by atoms with van der Waals surface area (Å²) in [5.41, 5.74) is 0. The highest BCUT2D eigenvalue weighted by Gasteiger charge is 2.36. The standard InChI is InChI=1S/C10H18O3/c1-3-5-10(6-4-2)12-8-9(7-11)13-10/h8,11H,3-7H2,1-2H3. The molecule has 0 amide bonds. The van der Waals surface area contributed by atoms with E-state index >= 15 is 0 Å². The SMILES string of the molecule is CCCC1(CCC)OC=C(CO)O1. The topological polar surface area (TPSA) is 38.7 Å². The van der Waals surface area contributed by atoms with Crippen LogP contribution in [0.15, 0.2) is 12.0 Å². The van der Waals surface area contributed by atoms with E-state index in [4.69, 9.17) is 14.6 Å². The highest BCUT2D eigenvalue weighted by Crippen LogP contribution is 2.33. The predicted molar refractivity (Wildman–Crippen MR) is 49.9 cm³/mol. The highest BCUT2D eigenvalue weighted by molar-refractivity contribution is 4.97. The number of hydrogen-bond donors (Lipinski definition) is 1. The average Bonchev–Trinajstić information content (AvgIpc) is 2.50. The Morgan fingerprint density at radius 2 is 1.92 bits per heavy atom. The van der Waals surface area contributed by atoms with E-state index in [9.17, 15) is 0 Å². The Labute approximate surface area is 79.3 Å². The monoisotopic (exact) mass is 186 g/mol. The van der Waals surface area contributed by atoms with Crippen molar-refractivity contribution >= 4 is 0 Å². The van der Waals surface area contributed by atoms with Crippen LogP contribution in [0.5, 0.6) is 0 Å². The lowest BCUT2D eigenvalue weighted by Gasteiger charge is -2.27. The van der Waals surface area contributed by atoms with Gasteiger partial charge in [0, 0.05) is 12.8 Å². The van der Waals surface area contributed by atoms with E-state index in [0.717, 1.165) is 25.7 Å². The highest BCUT2D eigenvalue weighted by atomic mass is 16.7. The van der Waals surface area contributed by atoms with E-state index in [-0.39, 0.29) is 6.61 Å². The number of ether oxygens (including phenoxy) is 2. The quantitative estimate of drug-likeness (QED) is 0.715. The van der Waals surface area contributed by atoms with E-state index in [2.05, 4.69) is 13.8 Å². The fourth-order valence-corrected chi connectivity index (χ4v) is 1.64. The molecule has 0 aliphatic carbocycles. The molecule has 13 heavy (non-hydrogen) atoms. The largest absolute Gasteiger partial charge is 0.456 e. The lowest BCUT2D eigenvalue weighted by molar-refractivity contribution is -0.161. The summed E-state index contributed by atoms with van der Waals surface area (Å²) in [5.74, 6) is 0.0589. The molecule has 0 radical (unpaired) electrons. The molecule has 3 nitrogen and oxygen atoms in total. The Bertz CT molecular complexity index is 181. The molecule has 0 aromatic rings. The van der Waals surface area contributed by atoms with E-state index in [1.807, 2.05) is 0 Å². The van der Waals surface area contributed by atoms with Gasteiger partial charge in [0.05, 0.1) is 0 Å². The van der Waals surface area contributed by atoms with Gasteiger partial charge >= 0.3 is 0 Å². The molecular weight excluding hydrogens is 168 g/mol. The Morgan fingerprint density at radius 1 is 1.31 bits per heavy atom. The molecule has 0 aromatic heterocycles. The lowest BCUT2D eigenvalue weighted by Crippen LogP contribution is -2.30. The maximum atomic E-state index is 8.86. The van der Waals surface area contributed by atoms with Gasteiger partial charge in [-0.05, 0) is 12.8 Å². The molecule has 0 aromatic carbocycles. The number of aliphatic hydroxyl groups excluding tert-OH is 1. The summed E-state index contributed by atoms with van der Waals surface area (Å²) in [6, 6.07) is 0. The third-order valence-electron chi connectivity index (χ3n) is 2.14. The molecule has 0 saturated carbocycles. The zero-order valence-electron chi connectivity index (χ0n) is 8.38. The van der Waals surface area contributed by atoms with Crippen molar-refractivity contribution in [1.29, 1.82) is 0 Å².